The quantitative estimate of drug-likeness (QED) is 0.786. The smallest absolute Gasteiger partial charge is 0.163 e. The molecule has 1 unspecified atom stereocenters. The average molecular weight is 334 g/mol. The van der Waals surface area contributed by atoms with E-state index < -0.39 is 11.6 Å². The van der Waals surface area contributed by atoms with E-state index in [9.17, 15) is 8.78 Å². The van der Waals surface area contributed by atoms with E-state index in [0.717, 1.165) is 11.4 Å². The molecule has 19 heavy (non-hydrogen) atoms. The number of ether oxygens (including phenoxy) is 1. The lowest BCUT2D eigenvalue weighted by atomic mass is 10.0. The van der Waals surface area contributed by atoms with Gasteiger partial charge in [0, 0.05) is 30.5 Å². The first kappa shape index (κ1) is 14.9. The number of morpholine rings is 1. The van der Waals surface area contributed by atoms with Crippen molar-refractivity contribution in [1.82, 2.24) is 4.90 Å². The molecule has 0 amide bonds. The van der Waals surface area contributed by atoms with Gasteiger partial charge in [-0.3, -0.25) is 4.90 Å². The van der Waals surface area contributed by atoms with Crippen molar-refractivity contribution in [2.45, 2.75) is 32.1 Å². The van der Waals surface area contributed by atoms with Gasteiger partial charge in [-0.2, -0.15) is 0 Å². The van der Waals surface area contributed by atoms with Crippen LogP contribution in [0.25, 0.3) is 0 Å². The molecule has 1 saturated heterocycles. The van der Waals surface area contributed by atoms with Crippen molar-refractivity contribution >= 4 is 15.9 Å². The molecule has 0 aromatic heterocycles. The molecular weight excluding hydrogens is 316 g/mol. The van der Waals surface area contributed by atoms with Gasteiger partial charge in [0.2, 0.25) is 0 Å². The Hall–Kier alpha value is -0.520. The van der Waals surface area contributed by atoms with Crippen molar-refractivity contribution < 1.29 is 13.5 Å². The van der Waals surface area contributed by atoms with Crippen LogP contribution in [0.4, 0.5) is 8.78 Å². The fourth-order valence-electron chi connectivity index (χ4n) is 2.53. The summed E-state index contributed by atoms with van der Waals surface area (Å²) in [4.78, 5) is 2.10. The first-order valence-corrected chi connectivity index (χ1v) is 7.42. The second-order valence-corrected chi connectivity index (χ2v) is 6.18. The summed E-state index contributed by atoms with van der Waals surface area (Å²) in [6.45, 7) is 5.84. The summed E-state index contributed by atoms with van der Waals surface area (Å²) in [5.74, 6) is -1.54. The van der Waals surface area contributed by atoms with E-state index in [4.69, 9.17) is 4.74 Å². The van der Waals surface area contributed by atoms with Crippen molar-refractivity contribution in [3.8, 4) is 0 Å². The molecule has 2 rings (SSSR count). The van der Waals surface area contributed by atoms with Crippen LogP contribution in [0.15, 0.2) is 18.2 Å². The van der Waals surface area contributed by atoms with Gasteiger partial charge < -0.3 is 4.74 Å². The highest BCUT2D eigenvalue weighted by atomic mass is 79.9. The lowest BCUT2D eigenvalue weighted by Gasteiger charge is -2.42. The fraction of sp³-hybridized carbons (Fsp3) is 0.571. The van der Waals surface area contributed by atoms with E-state index in [1.165, 1.54) is 0 Å². The summed E-state index contributed by atoms with van der Waals surface area (Å²) in [6, 6.07) is 4.31. The van der Waals surface area contributed by atoms with Gasteiger partial charge in [-0.1, -0.05) is 28.1 Å². The Bertz CT molecular complexity index is 453. The number of nitrogens with zero attached hydrogens (tertiary/aromatic N) is 1. The predicted molar refractivity (Wildman–Crippen MR) is 74.4 cm³/mol. The third kappa shape index (κ3) is 3.74. The highest BCUT2D eigenvalue weighted by Gasteiger charge is 2.33. The summed E-state index contributed by atoms with van der Waals surface area (Å²) >= 11 is 3.42. The van der Waals surface area contributed by atoms with E-state index >= 15 is 0 Å². The minimum absolute atomic E-state index is 0.0698. The Morgan fingerprint density at radius 1 is 1.42 bits per heavy atom. The van der Waals surface area contributed by atoms with Gasteiger partial charge in [0.15, 0.2) is 11.6 Å². The molecule has 0 aliphatic carbocycles. The molecule has 0 N–H and O–H groups in total. The van der Waals surface area contributed by atoms with Gasteiger partial charge >= 0.3 is 0 Å². The number of halogens is 3. The fourth-order valence-corrected chi connectivity index (χ4v) is 2.87. The molecule has 0 spiro atoms. The topological polar surface area (TPSA) is 12.5 Å². The molecule has 1 aliphatic rings. The van der Waals surface area contributed by atoms with Crippen molar-refractivity contribution in [3.63, 3.8) is 0 Å². The van der Waals surface area contributed by atoms with Gasteiger partial charge in [-0.15, -0.1) is 0 Å². The molecule has 1 fully saturated rings. The van der Waals surface area contributed by atoms with Crippen molar-refractivity contribution in [3.05, 3.63) is 35.4 Å². The molecule has 1 aliphatic heterocycles. The Morgan fingerprint density at radius 3 is 2.84 bits per heavy atom. The maximum absolute atomic E-state index is 13.7. The Labute approximate surface area is 120 Å². The summed E-state index contributed by atoms with van der Waals surface area (Å²) in [6.07, 6.45) is 0.0698. The monoisotopic (exact) mass is 333 g/mol. The van der Waals surface area contributed by atoms with Crippen LogP contribution >= 0.6 is 15.9 Å². The Balaban J connectivity index is 2.11. The predicted octanol–water partition coefficient (Wildman–Crippen LogP) is 3.34. The first-order chi connectivity index (χ1) is 8.91. The minimum Gasteiger partial charge on any atom is -0.369 e. The Kier molecular flexibility index (Phi) is 4.58. The lowest BCUT2D eigenvalue weighted by Crippen LogP contribution is -2.52. The summed E-state index contributed by atoms with van der Waals surface area (Å²) in [7, 11) is 0. The first-order valence-electron chi connectivity index (χ1n) is 6.30. The summed E-state index contributed by atoms with van der Waals surface area (Å²) in [5.41, 5.74) is 0.117. The molecule has 5 heteroatoms. The summed E-state index contributed by atoms with van der Waals surface area (Å²) in [5, 5.41) is 0.735. The van der Waals surface area contributed by atoms with Crippen LogP contribution in [0.2, 0.25) is 0 Å². The van der Waals surface area contributed by atoms with E-state index in [1.54, 1.807) is 12.1 Å². The standard InChI is InChI=1S/C14H18BrF2NO/c1-14(2)9-18(8-11(6-15)19-14)7-10-4-3-5-12(16)13(10)17/h3-5,11H,6-9H2,1-2H3. The molecule has 2 nitrogen and oxygen atoms in total. The molecule has 0 saturated carbocycles. The van der Waals surface area contributed by atoms with Crippen LogP contribution in [0.3, 0.4) is 0 Å². The molecule has 106 valence electrons. The van der Waals surface area contributed by atoms with E-state index in [-0.39, 0.29) is 11.7 Å². The largest absolute Gasteiger partial charge is 0.369 e. The van der Waals surface area contributed by atoms with Gasteiger partial charge in [0.25, 0.3) is 0 Å². The lowest BCUT2D eigenvalue weighted by molar-refractivity contribution is -0.128. The molecule has 0 radical (unpaired) electrons. The van der Waals surface area contributed by atoms with Gasteiger partial charge in [0.05, 0.1) is 11.7 Å². The maximum Gasteiger partial charge on any atom is 0.163 e. The van der Waals surface area contributed by atoms with Crippen LogP contribution in [0.1, 0.15) is 19.4 Å². The third-order valence-electron chi connectivity index (χ3n) is 3.15. The van der Waals surface area contributed by atoms with E-state index in [0.29, 0.717) is 25.2 Å². The van der Waals surface area contributed by atoms with Crippen LogP contribution in [0, 0.1) is 11.6 Å². The van der Waals surface area contributed by atoms with E-state index in [1.807, 2.05) is 13.8 Å². The molecule has 1 heterocycles. The van der Waals surface area contributed by atoms with Crippen LogP contribution in [-0.4, -0.2) is 35.0 Å². The number of alkyl halides is 1. The molecule has 0 bridgehead atoms. The highest BCUT2D eigenvalue weighted by molar-refractivity contribution is 9.09. The second kappa shape index (κ2) is 5.85. The molecule has 1 atom stereocenters. The van der Waals surface area contributed by atoms with Crippen molar-refractivity contribution in [1.29, 1.82) is 0 Å². The van der Waals surface area contributed by atoms with Crippen molar-refractivity contribution in [2.75, 3.05) is 18.4 Å². The number of hydrogen-bond acceptors (Lipinski definition) is 2. The van der Waals surface area contributed by atoms with Gasteiger partial charge in [-0.25, -0.2) is 8.78 Å². The minimum atomic E-state index is -0.790. The molecule has 1 aromatic carbocycles. The molecular formula is C14H18BrF2NO. The Morgan fingerprint density at radius 2 is 2.16 bits per heavy atom. The summed E-state index contributed by atoms with van der Waals surface area (Å²) < 4.78 is 32.8. The van der Waals surface area contributed by atoms with E-state index in [2.05, 4.69) is 20.8 Å². The number of hydrogen-bond donors (Lipinski definition) is 0. The van der Waals surface area contributed by atoms with Gasteiger partial charge in [-0.05, 0) is 19.9 Å². The maximum atomic E-state index is 13.7. The number of rotatable bonds is 3. The number of benzene rings is 1. The zero-order valence-electron chi connectivity index (χ0n) is 11.1. The third-order valence-corrected chi connectivity index (χ3v) is 3.87. The highest BCUT2D eigenvalue weighted by Crippen LogP contribution is 2.24. The average Bonchev–Trinajstić information content (AvgIpc) is 2.33. The zero-order chi connectivity index (χ0) is 14.0. The van der Waals surface area contributed by atoms with Crippen LogP contribution in [0.5, 0.6) is 0 Å². The van der Waals surface area contributed by atoms with Gasteiger partial charge in [0.1, 0.15) is 0 Å². The van der Waals surface area contributed by atoms with Crippen LogP contribution in [-0.2, 0) is 11.3 Å². The molecule has 1 aromatic rings. The normalized spacial score (nSPS) is 23.5. The SMILES string of the molecule is CC1(C)CN(Cc2cccc(F)c2F)CC(CBr)O1. The zero-order valence-corrected chi connectivity index (χ0v) is 12.7. The van der Waals surface area contributed by atoms with Crippen LogP contribution < -0.4 is 0 Å². The second-order valence-electron chi connectivity index (χ2n) is 5.54. The van der Waals surface area contributed by atoms with Crippen molar-refractivity contribution in [2.24, 2.45) is 0 Å².